The van der Waals surface area contributed by atoms with Crippen LogP contribution in [0.4, 0.5) is 5.82 Å². The summed E-state index contributed by atoms with van der Waals surface area (Å²) in [5.74, 6) is 0.248. The van der Waals surface area contributed by atoms with Crippen molar-refractivity contribution in [2.75, 3.05) is 12.3 Å². The number of nitrogens with two attached hydrogens (primary N) is 1. The van der Waals surface area contributed by atoms with Gasteiger partial charge in [-0.25, -0.2) is 9.97 Å². The molecule has 9 nitrogen and oxygen atoms in total. The molecule has 1 aliphatic heterocycles. The lowest BCUT2D eigenvalue weighted by atomic mass is 9.96. The summed E-state index contributed by atoms with van der Waals surface area (Å²) in [5, 5.41) is 40.2. The Balaban J connectivity index is 1.93. The number of fused-ring (bicyclic) bond motifs is 1. The van der Waals surface area contributed by atoms with Gasteiger partial charge in [0, 0.05) is 16.6 Å². The first-order valence-corrected chi connectivity index (χ1v) is 8.98. The molecule has 27 heavy (non-hydrogen) atoms. The van der Waals surface area contributed by atoms with E-state index in [4.69, 9.17) is 15.7 Å². The number of hydrogen-bond acceptors (Lipinski definition) is 9. The van der Waals surface area contributed by atoms with Crippen molar-refractivity contribution in [3.63, 3.8) is 0 Å². The Morgan fingerprint density at radius 2 is 2.22 bits per heavy atom. The van der Waals surface area contributed by atoms with Crippen molar-refractivity contribution in [1.82, 2.24) is 14.5 Å². The van der Waals surface area contributed by atoms with E-state index in [-0.39, 0.29) is 5.82 Å². The summed E-state index contributed by atoms with van der Waals surface area (Å²) < 4.78 is 7.29. The summed E-state index contributed by atoms with van der Waals surface area (Å²) in [6, 6.07) is 5.60. The molecule has 4 rings (SSSR count). The van der Waals surface area contributed by atoms with E-state index in [0.29, 0.717) is 21.5 Å². The third kappa shape index (κ3) is 2.60. The Kier molecular flexibility index (Phi) is 4.14. The van der Waals surface area contributed by atoms with Gasteiger partial charge in [-0.2, -0.15) is 5.26 Å². The molecule has 0 radical (unpaired) electrons. The molecule has 1 aliphatic rings. The normalized spacial score (nSPS) is 27.9. The van der Waals surface area contributed by atoms with Crippen LogP contribution in [0.25, 0.3) is 21.5 Å². The maximum atomic E-state index is 10.8. The Hall–Kier alpha value is -2.55. The van der Waals surface area contributed by atoms with Gasteiger partial charge in [-0.1, -0.05) is 0 Å². The molecular weight excluding hydrogens is 370 g/mol. The predicted octanol–water partition coefficient (Wildman–Crippen LogP) is 0.615. The highest BCUT2D eigenvalue weighted by atomic mass is 32.1. The van der Waals surface area contributed by atoms with Crippen LogP contribution in [0, 0.1) is 11.3 Å². The minimum Gasteiger partial charge on any atom is -0.394 e. The van der Waals surface area contributed by atoms with Gasteiger partial charge in [0.2, 0.25) is 0 Å². The molecule has 5 N–H and O–H groups in total. The second-order valence-corrected chi connectivity index (χ2v) is 7.65. The monoisotopic (exact) mass is 387 g/mol. The van der Waals surface area contributed by atoms with E-state index in [9.17, 15) is 15.3 Å². The lowest BCUT2D eigenvalue weighted by Crippen LogP contribution is -2.44. The third-order valence-electron chi connectivity index (χ3n) is 4.81. The second-order valence-electron chi connectivity index (χ2n) is 6.56. The zero-order valence-corrected chi connectivity index (χ0v) is 15.1. The van der Waals surface area contributed by atoms with Crippen LogP contribution < -0.4 is 5.73 Å². The molecule has 4 heterocycles. The molecule has 3 aromatic rings. The van der Waals surface area contributed by atoms with E-state index < -0.39 is 30.6 Å². The number of aromatic nitrogens is 3. The minimum absolute atomic E-state index is 0.248. The zero-order chi connectivity index (χ0) is 19.3. The van der Waals surface area contributed by atoms with Crippen molar-refractivity contribution < 1.29 is 20.1 Å². The van der Waals surface area contributed by atoms with E-state index >= 15 is 0 Å². The van der Waals surface area contributed by atoms with Gasteiger partial charge in [0.1, 0.15) is 46.5 Å². The number of aliphatic hydroxyl groups is 3. The van der Waals surface area contributed by atoms with Crippen LogP contribution in [0.15, 0.2) is 24.7 Å². The van der Waals surface area contributed by atoms with Crippen LogP contribution in [0.2, 0.25) is 0 Å². The highest BCUT2D eigenvalue weighted by Crippen LogP contribution is 2.43. The first kappa shape index (κ1) is 17.8. The van der Waals surface area contributed by atoms with Gasteiger partial charge in [0.25, 0.3) is 0 Å². The summed E-state index contributed by atoms with van der Waals surface area (Å²) >= 11 is 1.29. The van der Waals surface area contributed by atoms with Crippen molar-refractivity contribution >= 4 is 28.2 Å². The number of aliphatic hydroxyl groups excluding tert-OH is 2. The maximum Gasteiger partial charge on any atom is 0.167 e. The summed E-state index contributed by atoms with van der Waals surface area (Å²) in [5.41, 5.74) is 5.52. The fourth-order valence-corrected chi connectivity index (χ4v) is 4.23. The molecule has 3 aromatic heterocycles. The third-order valence-corrected chi connectivity index (χ3v) is 5.83. The Bertz CT molecular complexity index is 1050. The molecule has 0 bridgehead atoms. The smallest absolute Gasteiger partial charge is 0.167 e. The lowest BCUT2D eigenvalue weighted by Gasteiger charge is -2.27. The minimum atomic E-state index is -1.66. The van der Waals surface area contributed by atoms with Crippen LogP contribution in [0.1, 0.15) is 18.0 Å². The SMILES string of the molecule is C[C@]1(O)C(O)C(CO)O[C@H]1n1cc(-c2ccc(C#N)s2)c2c(N)ncnc21. The molecule has 1 saturated heterocycles. The molecule has 4 atom stereocenters. The molecule has 0 amide bonds. The molecule has 0 aliphatic carbocycles. The number of thiophene rings is 1. The van der Waals surface area contributed by atoms with Crippen molar-refractivity contribution in [3.05, 3.63) is 29.5 Å². The van der Waals surface area contributed by atoms with Gasteiger partial charge in [0.15, 0.2) is 6.23 Å². The Labute approximate surface area is 157 Å². The van der Waals surface area contributed by atoms with E-state index in [1.165, 1.54) is 24.6 Å². The number of rotatable bonds is 3. The van der Waals surface area contributed by atoms with Gasteiger partial charge in [0.05, 0.1) is 12.0 Å². The highest BCUT2D eigenvalue weighted by Gasteiger charge is 2.53. The number of anilines is 1. The van der Waals surface area contributed by atoms with Gasteiger partial charge in [-0.05, 0) is 19.1 Å². The standard InChI is InChI=1S/C17H17N5O4S/c1-17(25)13(24)10(6-23)26-16(17)22-5-9(11-3-2-8(4-18)27-11)12-14(19)20-7-21-15(12)22/h2-3,5,7,10,13,16,23-25H,6H2,1H3,(H2,19,20,21)/t10?,13?,16-,17+/m1/s1. The number of nitrogen functional groups attached to an aromatic ring is 1. The highest BCUT2D eigenvalue weighted by molar-refractivity contribution is 7.16. The van der Waals surface area contributed by atoms with Crippen LogP contribution in [-0.4, -0.2) is 54.3 Å². The van der Waals surface area contributed by atoms with E-state index in [1.54, 1.807) is 22.9 Å². The summed E-state index contributed by atoms with van der Waals surface area (Å²) in [7, 11) is 0. The summed E-state index contributed by atoms with van der Waals surface area (Å²) in [6.07, 6.45) is -0.201. The van der Waals surface area contributed by atoms with E-state index in [2.05, 4.69) is 16.0 Å². The zero-order valence-electron chi connectivity index (χ0n) is 14.3. The lowest BCUT2D eigenvalue weighted by molar-refractivity contribution is -0.0948. The molecular formula is C17H17N5O4S. The fourth-order valence-electron chi connectivity index (χ4n) is 3.41. The van der Waals surface area contributed by atoms with Gasteiger partial charge >= 0.3 is 0 Å². The number of nitriles is 1. The van der Waals surface area contributed by atoms with Crippen LogP contribution in [0.3, 0.4) is 0 Å². The maximum absolute atomic E-state index is 10.8. The fraction of sp³-hybridized carbons (Fsp3) is 0.353. The van der Waals surface area contributed by atoms with Gasteiger partial charge in [-0.15, -0.1) is 11.3 Å². The number of ether oxygens (including phenoxy) is 1. The summed E-state index contributed by atoms with van der Waals surface area (Å²) in [4.78, 5) is 9.65. The first-order valence-electron chi connectivity index (χ1n) is 8.16. The molecule has 10 heteroatoms. The Morgan fingerprint density at radius 1 is 1.44 bits per heavy atom. The van der Waals surface area contributed by atoms with E-state index in [0.717, 1.165) is 4.88 Å². The number of hydrogen-bond donors (Lipinski definition) is 4. The van der Waals surface area contributed by atoms with Crippen molar-refractivity contribution in [3.8, 4) is 16.5 Å². The van der Waals surface area contributed by atoms with Crippen molar-refractivity contribution in [2.45, 2.75) is 31.0 Å². The quantitative estimate of drug-likeness (QED) is 0.510. The Morgan fingerprint density at radius 3 is 2.85 bits per heavy atom. The van der Waals surface area contributed by atoms with Crippen molar-refractivity contribution in [1.29, 1.82) is 5.26 Å². The van der Waals surface area contributed by atoms with Crippen LogP contribution in [-0.2, 0) is 4.74 Å². The van der Waals surface area contributed by atoms with E-state index in [1.807, 2.05) is 0 Å². The van der Waals surface area contributed by atoms with Crippen LogP contribution >= 0.6 is 11.3 Å². The molecule has 0 spiro atoms. The largest absolute Gasteiger partial charge is 0.394 e. The molecule has 0 aromatic carbocycles. The second kappa shape index (κ2) is 6.26. The van der Waals surface area contributed by atoms with Crippen molar-refractivity contribution in [2.24, 2.45) is 0 Å². The van der Waals surface area contributed by atoms with Gasteiger partial charge in [-0.3, -0.25) is 0 Å². The molecule has 1 fully saturated rings. The number of nitrogens with zero attached hydrogens (tertiary/aromatic N) is 4. The molecule has 0 saturated carbocycles. The average molecular weight is 387 g/mol. The summed E-state index contributed by atoms with van der Waals surface area (Å²) in [6.45, 7) is 1.00. The average Bonchev–Trinajstić information content (AvgIpc) is 3.32. The molecule has 140 valence electrons. The van der Waals surface area contributed by atoms with Gasteiger partial charge < -0.3 is 30.4 Å². The predicted molar refractivity (Wildman–Crippen MR) is 97.6 cm³/mol. The molecule has 2 unspecified atom stereocenters. The topological polar surface area (TPSA) is 150 Å². The first-order chi connectivity index (χ1) is 12.9. The van der Waals surface area contributed by atoms with Crippen LogP contribution in [0.5, 0.6) is 0 Å².